The van der Waals surface area contributed by atoms with Gasteiger partial charge in [-0.05, 0) is 49.7 Å². The fourth-order valence-corrected chi connectivity index (χ4v) is 4.29. The third-order valence-corrected chi connectivity index (χ3v) is 5.96. The average Bonchev–Trinajstić information content (AvgIpc) is 3.43. The summed E-state index contributed by atoms with van der Waals surface area (Å²) in [7, 11) is 1.60. The number of pyridine rings is 1. The third kappa shape index (κ3) is 3.90. The van der Waals surface area contributed by atoms with Gasteiger partial charge < -0.3 is 13.9 Å². The summed E-state index contributed by atoms with van der Waals surface area (Å²) in [5.41, 5.74) is 4.31. The van der Waals surface area contributed by atoms with Crippen molar-refractivity contribution in [2.24, 2.45) is 0 Å². The lowest BCUT2D eigenvalue weighted by Gasteiger charge is -2.20. The summed E-state index contributed by atoms with van der Waals surface area (Å²) in [5.74, 6) is -0.0973. The van der Waals surface area contributed by atoms with Crippen LogP contribution < -0.4 is 4.74 Å². The predicted octanol–water partition coefficient (Wildman–Crippen LogP) is 6.09. The number of fused-ring (bicyclic) bond motifs is 1. The van der Waals surface area contributed by atoms with Crippen molar-refractivity contribution in [3.8, 4) is 34.1 Å². The van der Waals surface area contributed by atoms with Crippen molar-refractivity contribution in [2.75, 3.05) is 7.11 Å². The van der Waals surface area contributed by atoms with E-state index in [-0.39, 0.29) is 0 Å². The monoisotopic (exact) mass is 479 g/mol. The zero-order chi connectivity index (χ0) is 24.0. The highest BCUT2D eigenvalue weighted by molar-refractivity contribution is 6.30. The highest BCUT2D eigenvalue weighted by Crippen LogP contribution is 2.38. The van der Waals surface area contributed by atoms with Crippen molar-refractivity contribution in [3.63, 3.8) is 0 Å². The first-order valence-corrected chi connectivity index (χ1v) is 10.9. The van der Waals surface area contributed by atoms with Crippen molar-refractivity contribution in [2.45, 2.75) is 19.9 Å². The standard InChI is InChI=1S/C25H20ClF2N5O/c1-14-11-32(13-29-14)22-5-4-16(8-23(22)34-3)24-21-9-18(26)12-33(25(21)31-30-24)15(2)17-6-19(27)10-20(28)7-17/h4-13,15H,1-3H3/t15-/m0/s1. The number of benzene rings is 2. The number of methoxy groups -OCH3 is 1. The van der Waals surface area contributed by atoms with Crippen molar-refractivity contribution in [1.29, 1.82) is 0 Å². The van der Waals surface area contributed by atoms with Crippen molar-refractivity contribution in [3.05, 3.63) is 89.1 Å². The number of ether oxygens (including phenoxy) is 1. The minimum atomic E-state index is -0.643. The SMILES string of the molecule is COc1cc(-c2nnc3n([C@@H](C)c4cc(F)cc(F)c4)cc(Cl)cc2-3)ccc1-n1cnc(C)c1. The Morgan fingerprint density at radius 1 is 1.00 bits per heavy atom. The zero-order valence-corrected chi connectivity index (χ0v) is 19.4. The molecule has 172 valence electrons. The number of imidazole rings is 1. The fraction of sp³-hybridized carbons (Fsp3) is 0.160. The molecule has 0 aliphatic carbocycles. The highest BCUT2D eigenvalue weighted by atomic mass is 35.5. The maximum atomic E-state index is 13.8. The molecule has 0 radical (unpaired) electrons. The van der Waals surface area contributed by atoms with Gasteiger partial charge in [0.05, 0.1) is 35.9 Å². The number of aromatic nitrogens is 5. The van der Waals surface area contributed by atoms with Crippen molar-refractivity contribution in [1.82, 2.24) is 24.3 Å². The summed E-state index contributed by atoms with van der Waals surface area (Å²) in [6.07, 6.45) is 5.32. The van der Waals surface area contributed by atoms with Gasteiger partial charge in [0, 0.05) is 29.6 Å². The molecule has 0 saturated heterocycles. The van der Waals surface area contributed by atoms with Gasteiger partial charge in [0.25, 0.3) is 0 Å². The normalized spacial score (nSPS) is 12.3. The van der Waals surface area contributed by atoms with Crippen molar-refractivity contribution < 1.29 is 13.5 Å². The quantitative estimate of drug-likeness (QED) is 0.306. The van der Waals surface area contributed by atoms with Crippen LogP contribution >= 0.6 is 11.6 Å². The molecule has 1 atom stereocenters. The lowest BCUT2D eigenvalue weighted by atomic mass is 10.0. The van der Waals surface area contributed by atoms with E-state index in [9.17, 15) is 8.78 Å². The molecule has 6 nitrogen and oxygen atoms in total. The molecule has 0 unspecified atom stereocenters. The van der Waals surface area contributed by atoms with Gasteiger partial charge in [-0.25, -0.2) is 13.8 Å². The van der Waals surface area contributed by atoms with Gasteiger partial charge in [0.15, 0.2) is 5.82 Å². The minimum Gasteiger partial charge on any atom is -0.495 e. The number of nitrogens with zero attached hydrogens (tertiary/aromatic N) is 5. The Labute approximate surface area is 199 Å². The van der Waals surface area contributed by atoms with Gasteiger partial charge in [0.1, 0.15) is 23.1 Å². The van der Waals surface area contributed by atoms with Gasteiger partial charge in [-0.2, -0.15) is 0 Å². The van der Waals surface area contributed by atoms with Gasteiger partial charge in [-0.15, -0.1) is 10.2 Å². The highest BCUT2D eigenvalue weighted by Gasteiger charge is 2.23. The summed E-state index contributed by atoms with van der Waals surface area (Å²) < 4.78 is 36.9. The molecule has 0 saturated carbocycles. The number of aryl methyl sites for hydroxylation is 1. The molecule has 0 amide bonds. The van der Waals surface area contributed by atoms with E-state index in [0.29, 0.717) is 33.4 Å². The zero-order valence-electron chi connectivity index (χ0n) is 18.6. The molecule has 5 rings (SSSR count). The lowest BCUT2D eigenvalue weighted by molar-refractivity contribution is 0.413. The molecular formula is C25H20ClF2N5O. The minimum absolute atomic E-state index is 0.433. The Bertz CT molecular complexity index is 1460. The van der Waals surface area contributed by atoms with Crippen LogP contribution in [0.1, 0.15) is 24.2 Å². The number of hydrogen-bond donors (Lipinski definition) is 0. The maximum absolute atomic E-state index is 13.8. The van der Waals surface area contributed by atoms with Gasteiger partial charge in [-0.3, -0.25) is 0 Å². The van der Waals surface area contributed by atoms with Crippen LogP contribution in [-0.4, -0.2) is 31.4 Å². The Morgan fingerprint density at radius 2 is 1.76 bits per heavy atom. The van der Waals surface area contributed by atoms with E-state index in [0.717, 1.165) is 23.0 Å². The molecule has 2 aliphatic rings. The second kappa shape index (κ2) is 8.53. The summed E-state index contributed by atoms with van der Waals surface area (Å²) in [6, 6.07) is 10.5. The largest absolute Gasteiger partial charge is 0.495 e. The first-order valence-electron chi connectivity index (χ1n) is 10.5. The summed E-state index contributed by atoms with van der Waals surface area (Å²) in [5, 5.41) is 9.23. The van der Waals surface area contributed by atoms with E-state index in [1.54, 1.807) is 30.3 Å². The molecule has 0 N–H and O–H groups in total. The number of halogens is 3. The van der Waals surface area contributed by atoms with Gasteiger partial charge >= 0.3 is 0 Å². The molecule has 34 heavy (non-hydrogen) atoms. The second-order valence-corrected chi connectivity index (χ2v) is 8.48. The van der Waals surface area contributed by atoms with E-state index in [1.807, 2.05) is 42.8 Å². The molecule has 0 fully saturated rings. The molecule has 3 heterocycles. The van der Waals surface area contributed by atoms with Crippen LogP contribution in [0.15, 0.2) is 61.2 Å². The maximum Gasteiger partial charge on any atom is 0.165 e. The number of rotatable bonds is 5. The first-order chi connectivity index (χ1) is 16.3. The van der Waals surface area contributed by atoms with E-state index < -0.39 is 17.7 Å². The van der Waals surface area contributed by atoms with Gasteiger partial charge in [0.2, 0.25) is 0 Å². The summed E-state index contributed by atoms with van der Waals surface area (Å²) in [6.45, 7) is 3.74. The number of hydrogen-bond acceptors (Lipinski definition) is 4. The average molecular weight is 480 g/mol. The van der Waals surface area contributed by atoms with Crippen LogP contribution in [-0.2, 0) is 0 Å². The fourth-order valence-electron chi connectivity index (χ4n) is 4.08. The smallest absolute Gasteiger partial charge is 0.165 e. The van der Waals surface area contributed by atoms with E-state index in [4.69, 9.17) is 16.3 Å². The van der Waals surface area contributed by atoms with Crippen LogP contribution in [0.4, 0.5) is 8.78 Å². The van der Waals surface area contributed by atoms with Gasteiger partial charge in [-0.1, -0.05) is 17.7 Å². The molecule has 3 aromatic rings. The molecule has 1 aromatic heterocycles. The van der Waals surface area contributed by atoms with Crippen LogP contribution in [0.5, 0.6) is 5.75 Å². The van der Waals surface area contributed by atoms with Crippen molar-refractivity contribution >= 4 is 11.6 Å². The lowest BCUT2D eigenvalue weighted by Crippen LogP contribution is -2.11. The molecular weight excluding hydrogens is 460 g/mol. The molecule has 0 bridgehead atoms. The van der Waals surface area contributed by atoms with Crippen LogP contribution in [0.25, 0.3) is 28.3 Å². The topological polar surface area (TPSA) is 57.8 Å². The second-order valence-electron chi connectivity index (χ2n) is 8.04. The Morgan fingerprint density at radius 3 is 2.44 bits per heavy atom. The van der Waals surface area contributed by atoms with Crippen LogP contribution in [0, 0.1) is 18.6 Å². The Balaban J connectivity index is 1.58. The molecule has 2 aromatic carbocycles. The van der Waals surface area contributed by atoms with E-state index >= 15 is 0 Å². The third-order valence-electron chi connectivity index (χ3n) is 5.76. The molecule has 9 heteroatoms. The summed E-state index contributed by atoms with van der Waals surface area (Å²) in [4.78, 5) is 4.27. The molecule has 0 spiro atoms. The summed E-state index contributed by atoms with van der Waals surface area (Å²) >= 11 is 6.44. The van der Waals surface area contributed by atoms with Crippen LogP contribution in [0.2, 0.25) is 5.02 Å². The predicted molar refractivity (Wildman–Crippen MR) is 126 cm³/mol. The van der Waals surface area contributed by atoms with Crippen LogP contribution in [0.3, 0.4) is 0 Å². The molecule has 2 aliphatic heterocycles. The Hall–Kier alpha value is -3.78. The Kier molecular flexibility index (Phi) is 5.53. The van der Waals surface area contributed by atoms with E-state index in [1.165, 1.54) is 12.1 Å². The van der Waals surface area contributed by atoms with E-state index in [2.05, 4.69) is 15.2 Å². The first kappa shape index (κ1) is 22.0.